The number of phenols is 1. The Hall–Kier alpha value is -2.74. The summed E-state index contributed by atoms with van der Waals surface area (Å²) in [4.78, 5) is 0. The van der Waals surface area contributed by atoms with E-state index in [1.807, 2.05) is 12.1 Å². The summed E-state index contributed by atoms with van der Waals surface area (Å²) in [5.74, 6) is 2.73. The summed E-state index contributed by atoms with van der Waals surface area (Å²) >= 11 is 0. The zero-order valence-corrected chi connectivity index (χ0v) is 18.8. The number of hydrogen-bond acceptors (Lipinski definition) is 2. The van der Waals surface area contributed by atoms with Crippen LogP contribution in [0.1, 0.15) is 73.6 Å². The maximum absolute atomic E-state index is 10.0. The number of phenolic OH excluding ortho intramolecular Hbond substituents is 1. The average molecular weight is 415 g/mol. The molecule has 2 nitrogen and oxygen atoms in total. The largest absolute Gasteiger partial charge is 0.508 e. The van der Waals surface area contributed by atoms with Crippen molar-refractivity contribution in [2.45, 2.75) is 57.8 Å². The third-order valence-electron chi connectivity index (χ3n) is 6.72. The number of fused-ring (bicyclic) bond motifs is 1. The van der Waals surface area contributed by atoms with E-state index in [1.54, 1.807) is 0 Å². The van der Waals surface area contributed by atoms with E-state index in [-0.39, 0.29) is 5.92 Å². The minimum Gasteiger partial charge on any atom is -0.508 e. The highest BCUT2D eigenvalue weighted by atomic mass is 16.5. The fourth-order valence-electron chi connectivity index (χ4n) is 5.06. The molecule has 0 aromatic heterocycles. The van der Waals surface area contributed by atoms with Crippen molar-refractivity contribution in [3.8, 4) is 11.5 Å². The second kappa shape index (κ2) is 10.0. The van der Waals surface area contributed by atoms with Crippen molar-refractivity contribution in [3.63, 3.8) is 0 Å². The Morgan fingerprint density at radius 3 is 2.45 bits per heavy atom. The van der Waals surface area contributed by atoms with Gasteiger partial charge in [-0.15, -0.1) is 0 Å². The number of ether oxygens (including phenoxy) is 1. The van der Waals surface area contributed by atoms with Crippen molar-refractivity contribution in [3.05, 3.63) is 95.1 Å². The van der Waals surface area contributed by atoms with Gasteiger partial charge in [0.05, 0.1) is 6.61 Å². The van der Waals surface area contributed by atoms with Crippen LogP contribution in [-0.2, 0) is 6.42 Å². The monoisotopic (exact) mass is 414 g/mol. The summed E-state index contributed by atoms with van der Waals surface area (Å²) in [5.41, 5.74) is 5.30. The van der Waals surface area contributed by atoms with Crippen LogP contribution in [0.15, 0.2) is 72.8 Å². The minimum absolute atomic E-state index is 0.283. The van der Waals surface area contributed by atoms with Crippen molar-refractivity contribution < 1.29 is 9.84 Å². The zero-order chi connectivity index (χ0) is 21.6. The van der Waals surface area contributed by atoms with E-state index < -0.39 is 0 Å². The fourth-order valence-corrected chi connectivity index (χ4v) is 5.06. The normalized spacial score (nSPS) is 18.9. The van der Waals surface area contributed by atoms with Gasteiger partial charge in [-0.05, 0) is 77.6 Å². The van der Waals surface area contributed by atoms with Crippen LogP contribution in [0.2, 0.25) is 0 Å². The van der Waals surface area contributed by atoms with E-state index in [1.165, 1.54) is 35.1 Å². The molecule has 0 fully saturated rings. The third-order valence-corrected chi connectivity index (χ3v) is 6.72. The molecule has 0 bridgehead atoms. The molecule has 0 heterocycles. The van der Waals surface area contributed by atoms with E-state index in [2.05, 4.69) is 74.5 Å². The Kier molecular flexibility index (Phi) is 6.96. The third kappa shape index (κ3) is 5.12. The smallest absolute Gasteiger partial charge is 0.119 e. The number of rotatable bonds is 8. The van der Waals surface area contributed by atoms with Crippen molar-refractivity contribution in [1.29, 1.82) is 0 Å². The quantitative estimate of drug-likeness (QED) is 0.414. The molecule has 0 saturated heterocycles. The van der Waals surface area contributed by atoms with Crippen molar-refractivity contribution in [2.24, 2.45) is 5.92 Å². The Bertz CT molecular complexity index is 962. The number of hydrogen-bond donors (Lipinski definition) is 1. The molecule has 0 aliphatic heterocycles. The first kappa shape index (κ1) is 21.5. The van der Waals surface area contributed by atoms with Gasteiger partial charge in [-0.2, -0.15) is 0 Å². The molecule has 1 aliphatic rings. The lowest BCUT2D eigenvalue weighted by molar-refractivity contribution is 0.278. The number of aryl methyl sites for hydroxylation is 1. The SMILES string of the molecule is CCCC(C)CCOc1ccc([C@@H]2c3ccc(O)cc3CC[C@@H]2c2ccccc2)cc1. The number of benzene rings is 3. The second-order valence-electron chi connectivity index (χ2n) is 9.02. The highest BCUT2D eigenvalue weighted by Crippen LogP contribution is 2.47. The Morgan fingerprint density at radius 2 is 1.71 bits per heavy atom. The van der Waals surface area contributed by atoms with Gasteiger partial charge < -0.3 is 9.84 Å². The van der Waals surface area contributed by atoms with Crippen LogP contribution in [0.5, 0.6) is 11.5 Å². The molecule has 3 aromatic rings. The van der Waals surface area contributed by atoms with Gasteiger partial charge in [-0.1, -0.05) is 75.2 Å². The molecule has 1 N–H and O–H groups in total. The highest BCUT2D eigenvalue weighted by Gasteiger charge is 2.32. The zero-order valence-electron chi connectivity index (χ0n) is 18.8. The molecule has 2 heteroatoms. The molecule has 4 rings (SSSR count). The van der Waals surface area contributed by atoms with Gasteiger partial charge >= 0.3 is 0 Å². The summed E-state index contributed by atoms with van der Waals surface area (Å²) in [6.07, 6.45) is 5.68. The molecular weight excluding hydrogens is 380 g/mol. The van der Waals surface area contributed by atoms with Crippen LogP contribution in [0.4, 0.5) is 0 Å². The maximum atomic E-state index is 10.0. The molecule has 0 amide bonds. The van der Waals surface area contributed by atoms with Crippen molar-refractivity contribution >= 4 is 0 Å². The Balaban J connectivity index is 1.57. The maximum Gasteiger partial charge on any atom is 0.119 e. The van der Waals surface area contributed by atoms with Gasteiger partial charge in [0.15, 0.2) is 0 Å². The van der Waals surface area contributed by atoms with Crippen LogP contribution in [0, 0.1) is 5.92 Å². The molecule has 3 aromatic carbocycles. The van der Waals surface area contributed by atoms with Gasteiger partial charge in [-0.25, -0.2) is 0 Å². The standard InChI is InChI=1S/C29H34O2/c1-3-7-21(2)18-19-31-26-14-10-23(11-15-26)29-27(22-8-5-4-6-9-22)16-12-24-20-25(30)13-17-28(24)29/h4-6,8-11,13-15,17,20-21,27,29-30H,3,7,12,16,18-19H2,1-2H3/t21?,27-,29+/m1/s1. The Labute approximate surface area is 186 Å². The molecule has 0 spiro atoms. The molecular formula is C29H34O2. The van der Waals surface area contributed by atoms with Crippen LogP contribution in [-0.4, -0.2) is 11.7 Å². The average Bonchev–Trinajstić information content (AvgIpc) is 2.79. The Morgan fingerprint density at radius 1 is 0.935 bits per heavy atom. The van der Waals surface area contributed by atoms with Crippen LogP contribution < -0.4 is 4.74 Å². The summed E-state index contributed by atoms with van der Waals surface area (Å²) in [6, 6.07) is 25.4. The van der Waals surface area contributed by atoms with Crippen LogP contribution >= 0.6 is 0 Å². The molecule has 162 valence electrons. The second-order valence-corrected chi connectivity index (χ2v) is 9.02. The molecule has 1 aliphatic carbocycles. The summed E-state index contributed by atoms with van der Waals surface area (Å²) < 4.78 is 6.03. The van der Waals surface area contributed by atoms with Gasteiger partial charge in [0.1, 0.15) is 11.5 Å². The lowest BCUT2D eigenvalue weighted by atomic mass is 9.69. The predicted molar refractivity (Wildman–Crippen MR) is 128 cm³/mol. The first-order chi connectivity index (χ1) is 15.2. The first-order valence-electron chi connectivity index (χ1n) is 11.7. The van der Waals surface area contributed by atoms with Crippen LogP contribution in [0.25, 0.3) is 0 Å². The van der Waals surface area contributed by atoms with E-state index in [0.717, 1.165) is 31.6 Å². The van der Waals surface area contributed by atoms with Crippen molar-refractivity contribution in [2.75, 3.05) is 6.61 Å². The van der Waals surface area contributed by atoms with Crippen LogP contribution in [0.3, 0.4) is 0 Å². The lowest BCUT2D eigenvalue weighted by Crippen LogP contribution is -2.20. The number of aromatic hydroxyl groups is 1. The van der Waals surface area contributed by atoms with Gasteiger partial charge in [0.25, 0.3) is 0 Å². The summed E-state index contributed by atoms with van der Waals surface area (Å²) in [6.45, 7) is 5.32. The lowest BCUT2D eigenvalue weighted by Gasteiger charge is -2.34. The molecule has 0 saturated carbocycles. The van der Waals surface area contributed by atoms with E-state index >= 15 is 0 Å². The molecule has 1 unspecified atom stereocenters. The fraction of sp³-hybridized carbons (Fsp3) is 0.379. The van der Waals surface area contributed by atoms with Gasteiger partial charge in [-0.3, -0.25) is 0 Å². The summed E-state index contributed by atoms with van der Waals surface area (Å²) in [7, 11) is 0. The van der Waals surface area contributed by atoms with Gasteiger partial charge in [0, 0.05) is 5.92 Å². The molecule has 0 radical (unpaired) electrons. The minimum atomic E-state index is 0.283. The van der Waals surface area contributed by atoms with E-state index in [0.29, 0.717) is 17.6 Å². The molecule has 31 heavy (non-hydrogen) atoms. The molecule has 3 atom stereocenters. The summed E-state index contributed by atoms with van der Waals surface area (Å²) in [5, 5.41) is 10.0. The highest BCUT2D eigenvalue weighted by molar-refractivity contribution is 5.48. The first-order valence-corrected chi connectivity index (χ1v) is 11.7. The predicted octanol–water partition coefficient (Wildman–Crippen LogP) is 7.46. The van der Waals surface area contributed by atoms with E-state index in [9.17, 15) is 5.11 Å². The van der Waals surface area contributed by atoms with E-state index in [4.69, 9.17) is 4.74 Å². The topological polar surface area (TPSA) is 29.5 Å². The van der Waals surface area contributed by atoms with Gasteiger partial charge in [0.2, 0.25) is 0 Å². The van der Waals surface area contributed by atoms with Crippen molar-refractivity contribution in [1.82, 2.24) is 0 Å².